The molecule has 4 aliphatic rings. The van der Waals surface area contributed by atoms with Crippen LogP contribution in [0.4, 0.5) is 0 Å². The molecule has 3 N–H and O–H groups in total. The van der Waals surface area contributed by atoms with E-state index in [1.165, 1.54) is 19.1 Å². The Kier molecular flexibility index (Phi) is 15.8. The van der Waals surface area contributed by atoms with Crippen molar-refractivity contribution in [1.29, 1.82) is 0 Å². The zero-order valence-corrected chi connectivity index (χ0v) is 33.6. The summed E-state index contributed by atoms with van der Waals surface area (Å²) in [5, 5.41) is 32.4. The Morgan fingerprint density at radius 3 is 2.31 bits per heavy atom. The predicted molar refractivity (Wildman–Crippen MR) is 202 cm³/mol. The standard InChI is InChI=1S/C42H65NO11/c1-9-30-19-24(2)18-25(3)20-35(51-7)38-36(52-8)22-28(6)42(50,54-38)39(47)40(48)43-17-11-10-12-31(43)41(49)53-37(26(4)13-15-32(30)44)27(5)21-29-14-16-33(45)34(46)23-29/h13,15,19,21,25-26,28-31,33-38,45-46,50H,9-12,14,16-18,20,22-23H2,1-8H3/b15-13-,24-19?,27-21?. The summed E-state index contributed by atoms with van der Waals surface area (Å²) in [6.45, 7) is 11.5. The van der Waals surface area contributed by atoms with Gasteiger partial charge in [-0.25, -0.2) is 4.79 Å². The number of aliphatic hydroxyl groups is 3. The van der Waals surface area contributed by atoms with Crippen LogP contribution in [0, 0.1) is 29.6 Å². The predicted octanol–water partition coefficient (Wildman–Crippen LogP) is 4.62. The van der Waals surface area contributed by atoms with Crippen LogP contribution in [0.25, 0.3) is 0 Å². The van der Waals surface area contributed by atoms with Crippen LogP contribution in [0.1, 0.15) is 106 Å². The number of methoxy groups -OCH3 is 2. The topological polar surface area (TPSA) is 169 Å². The Morgan fingerprint density at radius 1 is 0.981 bits per heavy atom. The number of rotatable bonds is 5. The molecular formula is C42H65NO11. The number of Topliss-reactive ketones (excluding diaryl/α,β-unsaturated/α-hetero) is 1. The van der Waals surface area contributed by atoms with E-state index in [-0.39, 0.29) is 42.9 Å². The number of carbonyl (C=O) groups is 4. The lowest BCUT2D eigenvalue weighted by molar-refractivity contribution is -0.302. The number of fused-ring (bicyclic) bond motifs is 3. The van der Waals surface area contributed by atoms with E-state index in [9.17, 15) is 34.5 Å². The number of nitrogens with zero attached hydrogens (tertiary/aromatic N) is 1. The number of cyclic esters (lactones) is 1. The molecule has 13 atom stereocenters. The van der Waals surface area contributed by atoms with Crippen molar-refractivity contribution in [2.45, 2.75) is 154 Å². The molecule has 2 saturated heterocycles. The fourth-order valence-electron chi connectivity index (χ4n) is 8.84. The van der Waals surface area contributed by atoms with Gasteiger partial charge in [0, 0.05) is 38.5 Å². The molecule has 0 aromatic rings. The van der Waals surface area contributed by atoms with E-state index in [0.29, 0.717) is 56.9 Å². The molecule has 0 aromatic carbocycles. The molecule has 3 fully saturated rings. The Balaban J connectivity index is 1.76. The minimum Gasteiger partial charge on any atom is -0.456 e. The number of ether oxygens (including phenoxy) is 4. The third-order valence-corrected chi connectivity index (χ3v) is 12.1. The molecule has 12 nitrogen and oxygen atoms in total. The molecule has 13 unspecified atom stereocenters. The van der Waals surface area contributed by atoms with E-state index >= 15 is 0 Å². The average Bonchev–Trinajstić information content (AvgIpc) is 3.15. The summed E-state index contributed by atoms with van der Waals surface area (Å²) in [4.78, 5) is 57.3. The molecule has 0 aromatic heterocycles. The maximum absolute atomic E-state index is 14.2. The van der Waals surface area contributed by atoms with Crippen molar-refractivity contribution >= 4 is 23.4 Å². The summed E-state index contributed by atoms with van der Waals surface area (Å²) in [7, 11) is 3.08. The second-order valence-electron chi connectivity index (χ2n) is 16.5. The van der Waals surface area contributed by atoms with Crippen LogP contribution in [-0.2, 0) is 38.1 Å². The van der Waals surface area contributed by atoms with Crippen LogP contribution in [0.3, 0.4) is 0 Å². The number of amides is 1. The number of ketones is 2. The lowest BCUT2D eigenvalue weighted by Gasteiger charge is -2.47. The first-order valence-corrected chi connectivity index (χ1v) is 20.0. The zero-order chi connectivity index (χ0) is 39.9. The van der Waals surface area contributed by atoms with E-state index in [4.69, 9.17) is 18.9 Å². The number of esters is 1. The van der Waals surface area contributed by atoms with Gasteiger partial charge in [0.1, 0.15) is 18.2 Å². The molecule has 1 saturated carbocycles. The van der Waals surface area contributed by atoms with Gasteiger partial charge in [0.15, 0.2) is 5.78 Å². The van der Waals surface area contributed by atoms with Gasteiger partial charge < -0.3 is 39.2 Å². The van der Waals surface area contributed by atoms with Crippen molar-refractivity contribution < 1.29 is 53.4 Å². The highest BCUT2D eigenvalue weighted by atomic mass is 16.7. The number of hydrogen-bond acceptors (Lipinski definition) is 11. The first-order chi connectivity index (χ1) is 25.5. The molecule has 3 heterocycles. The van der Waals surface area contributed by atoms with E-state index < -0.39 is 77.9 Å². The number of carbonyl (C=O) groups excluding carboxylic acids is 4. The quantitative estimate of drug-likeness (QED) is 0.203. The molecule has 3 aliphatic heterocycles. The lowest BCUT2D eigenvalue weighted by Crippen LogP contribution is -2.64. The van der Waals surface area contributed by atoms with Gasteiger partial charge in [0.25, 0.3) is 11.7 Å². The largest absolute Gasteiger partial charge is 0.456 e. The number of allylic oxidation sites excluding steroid dienone is 4. The highest BCUT2D eigenvalue weighted by Gasteiger charge is 2.56. The molecule has 0 spiro atoms. The summed E-state index contributed by atoms with van der Waals surface area (Å²) in [5.41, 5.74) is 1.75. The van der Waals surface area contributed by atoms with Gasteiger partial charge in [-0.15, -0.1) is 0 Å². The number of hydrogen-bond donors (Lipinski definition) is 3. The highest BCUT2D eigenvalue weighted by molar-refractivity contribution is 6.39. The van der Waals surface area contributed by atoms with Crippen molar-refractivity contribution in [2.75, 3.05) is 20.8 Å². The molecule has 2 bridgehead atoms. The van der Waals surface area contributed by atoms with Crippen LogP contribution in [0.5, 0.6) is 0 Å². The van der Waals surface area contributed by atoms with Crippen LogP contribution < -0.4 is 0 Å². The summed E-state index contributed by atoms with van der Waals surface area (Å²) in [6, 6.07) is -1.08. The molecule has 304 valence electrons. The monoisotopic (exact) mass is 759 g/mol. The minimum absolute atomic E-state index is 0.0622. The van der Waals surface area contributed by atoms with Gasteiger partial charge in [-0.05, 0) is 102 Å². The molecule has 12 heteroatoms. The van der Waals surface area contributed by atoms with Crippen molar-refractivity contribution in [3.05, 3.63) is 35.5 Å². The van der Waals surface area contributed by atoms with Gasteiger partial charge in [-0.2, -0.15) is 0 Å². The van der Waals surface area contributed by atoms with Crippen molar-refractivity contribution in [3.63, 3.8) is 0 Å². The second kappa shape index (κ2) is 19.4. The first-order valence-electron chi connectivity index (χ1n) is 20.0. The maximum atomic E-state index is 14.2. The fraction of sp³-hybridized carbons (Fsp3) is 0.762. The van der Waals surface area contributed by atoms with Crippen LogP contribution >= 0.6 is 0 Å². The summed E-state index contributed by atoms with van der Waals surface area (Å²) in [6.07, 6.45) is 7.69. The van der Waals surface area contributed by atoms with E-state index in [2.05, 4.69) is 6.92 Å². The minimum atomic E-state index is -2.48. The maximum Gasteiger partial charge on any atom is 0.329 e. The number of aliphatic hydroxyl groups excluding tert-OH is 2. The molecule has 1 aliphatic carbocycles. The number of piperidine rings is 1. The Bertz CT molecular complexity index is 1420. The summed E-state index contributed by atoms with van der Waals surface area (Å²) in [5.74, 6) is -7.01. The van der Waals surface area contributed by atoms with Gasteiger partial charge in [0.2, 0.25) is 5.79 Å². The van der Waals surface area contributed by atoms with Crippen LogP contribution in [-0.4, -0.2) is 113 Å². The van der Waals surface area contributed by atoms with Crippen LogP contribution in [0.2, 0.25) is 0 Å². The zero-order valence-electron chi connectivity index (χ0n) is 33.6. The highest BCUT2D eigenvalue weighted by Crippen LogP contribution is 2.39. The fourth-order valence-corrected chi connectivity index (χ4v) is 8.84. The van der Waals surface area contributed by atoms with Crippen molar-refractivity contribution in [2.24, 2.45) is 29.6 Å². The normalized spacial score (nSPS) is 40.6. The Morgan fingerprint density at radius 2 is 1.67 bits per heavy atom. The third kappa shape index (κ3) is 10.4. The first kappa shape index (κ1) is 44.0. The average molecular weight is 760 g/mol. The lowest BCUT2D eigenvalue weighted by atomic mass is 9.82. The molecular weight excluding hydrogens is 694 g/mol. The second-order valence-corrected chi connectivity index (χ2v) is 16.5. The van der Waals surface area contributed by atoms with E-state index in [1.54, 1.807) is 19.1 Å². The molecule has 1 amide bonds. The van der Waals surface area contributed by atoms with Crippen molar-refractivity contribution in [1.82, 2.24) is 4.90 Å². The third-order valence-electron chi connectivity index (χ3n) is 12.1. The van der Waals surface area contributed by atoms with Crippen LogP contribution in [0.15, 0.2) is 35.5 Å². The molecule has 0 radical (unpaired) electrons. The Labute approximate surface area is 321 Å². The molecule has 4 rings (SSSR count). The van der Waals surface area contributed by atoms with E-state index in [0.717, 1.165) is 5.57 Å². The van der Waals surface area contributed by atoms with Gasteiger partial charge in [-0.3, -0.25) is 14.4 Å². The summed E-state index contributed by atoms with van der Waals surface area (Å²) >= 11 is 0. The van der Waals surface area contributed by atoms with Gasteiger partial charge in [0.05, 0.1) is 24.4 Å². The Hall–Kier alpha value is -2.74. The smallest absolute Gasteiger partial charge is 0.329 e. The summed E-state index contributed by atoms with van der Waals surface area (Å²) < 4.78 is 24.2. The van der Waals surface area contributed by atoms with Crippen molar-refractivity contribution in [3.8, 4) is 0 Å². The SMILES string of the molecule is CCC1C=C(C)CC(C)CC(OC)C2OC(O)(C(=O)C(=O)N3CCCCC3C(=O)OC(C(C)=CC3CCC(O)C(O)C3)C(C)/C=C\C1=O)C(C)CC2OC. The van der Waals surface area contributed by atoms with E-state index in [1.807, 2.05) is 39.8 Å². The van der Waals surface area contributed by atoms with Gasteiger partial charge >= 0.3 is 5.97 Å². The molecule has 54 heavy (non-hydrogen) atoms. The van der Waals surface area contributed by atoms with Gasteiger partial charge in [-0.1, -0.05) is 51.5 Å².